The monoisotopic (exact) mass is 514 g/mol. The molecule has 0 aliphatic rings. The number of carbonyl (C=O) groups is 2. The first-order valence-electron chi connectivity index (χ1n) is 11.9. The van der Waals surface area contributed by atoms with Crippen molar-refractivity contribution in [3.05, 3.63) is 64.6 Å². The van der Waals surface area contributed by atoms with Crippen LogP contribution in [-0.4, -0.2) is 41.5 Å². The number of hydrogen-bond acceptors (Lipinski definition) is 6. The predicted molar refractivity (Wildman–Crippen MR) is 138 cm³/mol. The van der Waals surface area contributed by atoms with Crippen molar-refractivity contribution in [2.24, 2.45) is 11.7 Å². The Morgan fingerprint density at radius 2 is 1.78 bits per heavy atom. The number of aryl methyl sites for hydroxylation is 1. The van der Waals surface area contributed by atoms with E-state index in [0.717, 1.165) is 16.8 Å². The van der Waals surface area contributed by atoms with E-state index in [4.69, 9.17) is 10.5 Å². The summed E-state index contributed by atoms with van der Waals surface area (Å²) in [6.07, 6.45) is 3.17. The number of carbonyl (C=O) groups excluding carboxylic acids is 2. The number of nitrogens with two attached hydrogens (primary N) is 1. The van der Waals surface area contributed by atoms with E-state index in [1.165, 1.54) is 13.8 Å². The predicted octanol–water partition coefficient (Wildman–Crippen LogP) is 2.69. The second-order valence-corrected chi connectivity index (χ2v) is 11.9. The summed E-state index contributed by atoms with van der Waals surface area (Å²) < 4.78 is 33.9. The Balaban J connectivity index is 2.14. The Bertz CT molecular complexity index is 1360. The average Bonchev–Trinajstić information content (AvgIpc) is 3.03. The van der Waals surface area contributed by atoms with Gasteiger partial charge in [-0.05, 0) is 49.8 Å². The van der Waals surface area contributed by atoms with Crippen LogP contribution in [-0.2, 0) is 38.9 Å². The van der Waals surface area contributed by atoms with E-state index >= 15 is 0 Å². The molecular weight excluding hydrogens is 480 g/mol. The second-order valence-electron chi connectivity index (χ2n) is 9.62. The molecule has 0 bridgehead atoms. The van der Waals surface area contributed by atoms with Gasteiger partial charge in [0.15, 0.2) is 6.61 Å². The first-order chi connectivity index (χ1) is 16.9. The van der Waals surface area contributed by atoms with E-state index in [0.29, 0.717) is 35.5 Å². The highest BCUT2D eigenvalue weighted by molar-refractivity contribution is 7.90. The fourth-order valence-corrected chi connectivity index (χ4v) is 4.69. The molecule has 0 saturated carbocycles. The van der Waals surface area contributed by atoms with E-state index in [-0.39, 0.29) is 12.3 Å². The standard InChI is InChI=1S/C26H34N4O5S/c1-16(2)11-20-21(13-23(27)31)25-26(35-15-24(32)29-36(33,34)17(3)4)28-18(5)14-30(25)22(20)12-19-9-7-6-8-10-19/h6-10,14,16-17H,11-13,15H2,1-5H3,(H2,27,31)(H,29,32). The molecule has 194 valence electrons. The number of nitrogens with one attached hydrogen (secondary N) is 1. The number of hydrogen-bond donors (Lipinski definition) is 2. The molecule has 3 rings (SSSR count). The van der Waals surface area contributed by atoms with Crippen LogP contribution >= 0.6 is 0 Å². The van der Waals surface area contributed by atoms with Crippen LogP contribution in [0, 0.1) is 12.8 Å². The molecule has 3 N–H and O–H groups in total. The molecule has 2 heterocycles. The van der Waals surface area contributed by atoms with Gasteiger partial charge in [0.05, 0.1) is 17.4 Å². The molecule has 0 saturated heterocycles. The van der Waals surface area contributed by atoms with E-state index in [2.05, 4.69) is 18.8 Å². The first-order valence-corrected chi connectivity index (χ1v) is 13.5. The maximum atomic E-state index is 12.4. The molecule has 3 aromatic rings. The molecule has 1 aromatic carbocycles. The third-order valence-corrected chi connectivity index (χ3v) is 7.47. The van der Waals surface area contributed by atoms with Crippen LogP contribution in [0.25, 0.3) is 5.52 Å². The molecular formula is C26H34N4O5S. The third-order valence-electron chi connectivity index (χ3n) is 5.72. The van der Waals surface area contributed by atoms with Crippen molar-refractivity contribution in [1.29, 1.82) is 0 Å². The van der Waals surface area contributed by atoms with Crippen molar-refractivity contribution in [3.63, 3.8) is 0 Å². The molecule has 0 radical (unpaired) electrons. The summed E-state index contributed by atoms with van der Waals surface area (Å²) in [4.78, 5) is 28.9. The largest absolute Gasteiger partial charge is 0.466 e. The summed E-state index contributed by atoms with van der Waals surface area (Å²) in [5.74, 6) is -0.854. The van der Waals surface area contributed by atoms with Gasteiger partial charge in [-0.3, -0.25) is 9.59 Å². The molecule has 36 heavy (non-hydrogen) atoms. The fraction of sp³-hybridized carbons (Fsp3) is 0.423. The minimum absolute atomic E-state index is 0.0185. The highest BCUT2D eigenvalue weighted by Crippen LogP contribution is 2.33. The SMILES string of the molecule is Cc1cn2c(Cc3ccccc3)c(CC(C)C)c(CC(N)=O)c2c(OCC(=O)NS(=O)(=O)C(C)C)n1. The van der Waals surface area contributed by atoms with Gasteiger partial charge in [0.25, 0.3) is 5.91 Å². The number of benzene rings is 1. The highest BCUT2D eigenvalue weighted by atomic mass is 32.2. The lowest BCUT2D eigenvalue weighted by Gasteiger charge is -2.12. The summed E-state index contributed by atoms with van der Waals surface area (Å²) in [6.45, 7) is 8.41. The topological polar surface area (TPSA) is 133 Å². The molecule has 0 atom stereocenters. The minimum Gasteiger partial charge on any atom is -0.466 e. The molecule has 0 fully saturated rings. The summed E-state index contributed by atoms with van der Waals surface area (Å²) in [5.41, 5.74) is 10.6. The van der Waals surface area contributed by atoms with Gasteiger partial charge < -0.3 is 14.9 Å². The Morgan fingerprint density at radius 3 is 2.36 bits per heavy atom. The summed E-state index contributed by atoms with van der Waals surface area (Å²) in [6, 6.07) is 9.98. The molecule has 0 aliphatic carbocycles. The fourth-order valence-electron chi connectivity index (χ4n) is 4.08. The smallest absolute Gasteiger partial charge is 0.271 e. The van der Waals surface area contributed by atoms with Crippen LogP contribution in [0.1, 0.15) is 55.8 Å². The number of aromatic nitrogens is 2. The normalized spacial score (nSPS) is 11.9. The molecule has 2 amide bonds. The van der Waals surface area contributed by atoms with Gasteiger partial charge in [-0.25, -0.2) is 18.1 Å². The number of rotatable bonds is 11. The zero-order valence-electron chi connectivity index (χ0n) is 21.4. The lowest BCUT2D eigenvalue weighted by molar-refractivity contribution is -0.121. The van der Waals surface area contributed by atoms with Crippen LogP contribution in [0.3, 0.4) is 0 Å². The van der Waals surface area contributed by atoms with Gasteiger partial charge in [0.2, 0.25) is 21.8 Å². The van der Waals surface area contributed by atoms with Crippen molar-refractivity contribution in [3.8, 4) is 5.88 Å². The number of amides is 2. The zero-order valence-corrected chi connectivity index (χ0v) is 22.2. The van der Waals surface area contributed by atoms with Crippen molar-refractivity contribution >= 4 is 27.4 Å². The van der Waals surface area contributed by atoms with Crippen molar-refractivity contribution in [2.75, 3.05) is 6.61 Å². The maximum Gasteiger partial charge on any atom is 0.271 e. The van der Waals surface area contributed by atoms with E-state index < -0.39 is 33.7 Å². The number of fused-ring (bicyclic) bond motifs is 1. The molecule has 10 heteroatoms. The number of primary amides is 1. The summed E-state index contributed by atoms with van der Waals surface area (Å²) in [7, 11) is -3.79. The van der Waals surface area contributed by atoms with Crippen LogP contribution in [0.4, 0.5) is 0 Å². The number of ether oxygens (including phenoxy) is 1. The quantitative estimate of drug-likeness (QED) is 0.404. The maximum absolute atomic E-state index is 12.4. The van der Waals surface area contributed by atoms with Crippen molar-refractivity contribution < 1.29 is 22.7 Å². The van der Waals surface area contributed by atoms with Gasteiger partial charge in [0, 0.05) is 18.3 Å². The minimum atomic E-state index is -3.79. The Hall–Kier alpha value is -3.40. The Kier molecular flexibility index (Phi) is 8.39. The van der Waals surface area contributed by atoms with Gasteiger partial charge in [-0.15, -0.1) is 0 Å². The van der Waals surface area contributed by atoms with Gasteiger partial charge in [-0.1, -0.05) is 44.2 Å². The van der Waals surface area contributed by atoms with Crippen LogP contribution in [0.2, 0.25) is 0 Å². The van der Waals surface area contributed by atoms with Gasteiger partial charge in [-0.2, -0.15) is 0 Å². The van der Waals surface area contributed by atoms with Crippen molar-refractivity contribution in [1.82, 2.24) is 14.1 Å². The van der Waals surface area contributed by atoms with Crippen LogP contribution in [0.5, 0.6) is 5.88 Å². The van der Waals surface area contributed by atoms with E-state index in [1.807, 2.05) is 45.7 Å². The zero-order chi connectivity index (χ0) is 26.6. The lowest BCUT2D eigenvalue weighted by atomic mass is 9.94. The van der Waals surface area contributed by atoms with Gasteiger partial charge in [0.1, 0.15) is 5.52 Å². The van der Waals surface area contributed by atoms with Crippen LogP contribution < -0.4 is 15.2 Å². The summed E-state index contributed by atoms with van der Waals surface area (Å²) in [5, 5.41) is -0.766. The second kappa shape index (κ2) is 11.1. The van der Waals surface area contributed by atoms with E-state index in [1.54, 1.807) is 6.92 Å². The Morgan fingerprint density at radius 1 is 1.11 bits per heavy atom. The molecule has 9 nitrogen and oxygen atoms in total. The third kappa shape index (κ3) is 6.42. The highest BCUT2D eigenvalue weighted by Gasteiger charge is 2.25. The number of nitrogens with zero attached hydrogens (tertiary/aromatic N) is 2. The molecule has 0 aliphatic heterocycles. The average molecular weight is 515 g/mol. The van der Waals surface area contributed by atoms with E-state index in [9.17, 15) is 18.0 Å². The number of sulfonamides is 1. The lowest BCUT2D eigenvalue weighted by Crippen LogP contribution is -2.38. The van der Waals surface area contributed by atoms with Crippen molar-refractivity contribution in [2.45, 2.75) is 59.1 Å². The van der Waals surface area contributed by atoms with Gasteiger partial charge >= 0.3 is 0 Å². The molecule has 2 aromatic heterocycles. The summed E-state index contributed by atoms with van der Waals surface area (Å²) >= 11 is 0. The van der Waals surface area contributed by atoms with Crippen LogP contribution in [0.15, 0.2) is 36.5 Å². The molecule has 0 unspecified atom stereocenters. The first kappa shape index (κ1) is 27.2. The Labute approximate surface area is 212 Å². The molecule has 0 spiro atoms.